The molecular weight excluding hydrogens is 499 g/mol. The summed E-state index contributed by atoms with van der Waals surface area (Å²) < 4.78 is 16.1. The van der Waals surface area contributed by atoms with Crippen molar-refractivity contribution in [3.8, 4) is 17.2 Å². The highest BCUT2D eigenvalue weighted by molar-refractivity contribution is 14.0. The summed E-state index contributed by atoms with van der Waals surface area (Å²) in [4.78, 5) is 16.7. The van der Waals surface area contributed by atoms with Crippen molar-refractivity contribution < 1.29 is 19.0 Å². The smallest absolute Gasteiger partial charge is 0.243 e. The molecule has 2 rings (SSSR count). The lowest BCUT2D eigenvalue weighted by molar-refractivity contribution is -0.115. The molecule has 0 aliphatic rings. The Hall–Kier alpha value is -2.69. The number of hydrogen-bond donors (Lipinski definition) is 3. The molecule has 0 atom stereocenters. The van der Waals surface area contributed by atoms with E-state index in [1.54, 1.807) is 21.3 Å². The predicted octanol–water partition coefficient (Wildman–Crippen LogP) is 3.02. The fourth-order valence-corrected chi connectivity index (χ4v) is 2.63. The van der Waals surface area contributed by atoms with Gasteiger partial charge in [-0.25, -0.2) is 4.99 Å². The highest BCUT2D eigenvalue weighted by atomic mass is 127. The molecule has 0 heterocycles. The van der Waals surface area contributed by atoms with Crippen LogP contribution in [-0.2, 0) is 11.3 Å². The largest absolute Gasteiger partial charge is 0.493 e. The van der Waals surface area contributed by atoms with E-state index in [4.69, 9.17) is 14.2 Å². The van der Waals surface area contributed by atoms with E-state index < -0.39 is 0 Å². The number of methoxy groups -OCH3 is 3. The van der Waals surface area contributed by atoms with Crippen LogP contribution in [0.1, 0.15) is 12.5 Å². The molecule has 0 radical (unpaired) electrons. The summed E-state index contributed by atoms with van der Waals surface area (Å²) in [7, 11) is 4.70. The number of carbonyl (C=O) groups is 1. The second-order valence-electron chi connectivity index (χ2n) is 6.00. The molecule has 3 N–H and O–H groups in total. The minimum Gasteiger partial charge on any atom is -0.493 e. The number of rotatable bonds is 9. The zero-order valence-corrected chi connectivity index (χ0v) is 20.0. The van der Waals surface area contributed by atoms with Crippen molar-refractivity contribution in [2.75, 3.05) is 39.7 Å². The van der Waals surface area contributed by atoms with E-state index in [0.29, 0.717) is 36.3 Å². The number of carbonyl (C=O) groups excluding carboxylic acids is 1. The normalized spacial score (nSPS) is 10.5. The number of hydrogen-bond acceptors (Lipinski definition) is 5. The van der Waals surface area contributed by atoms with Gasteiger partial charge >= 0.3 is 0 Å². The molecule has 164 valence electrons. The van der Waals surface area contributed by atoms with Crippen molar-refractivity contribution in [3.63, 3.8) is 0 Å². The van der Waals surface area contributed by atoms with E-state index in [-0.39, 0.29) is 36.4 Å². The molecule has 0 aliphatic heterocycles. The van der Waals surface area contributed by atoms with Gasteiger partial charge in [-0.2, -0.15) is 0 Å². The molecule has 0 saturated carbocycles. The van der Waals surface area contributed by atoms with Gasteiger partial charge in [0.25, 0.3) is 0 Å². The number of ether oxygens (including phenoxy) is 3. The molecular formula is C21H29IN4O4. The number of aliphatic imine (C=N–C) groups is 1. The number of nitrogens with one attached hydrogen (secondary N) is 3. The average Bonchev–Trinajstić information content (AvgIpc) is 2.75. The van der Waals surface area contributed by atoms with E-state index in [9.17, 15) is 4.79 Å². The second kappa shape index (κ2) is 13.5. The first-order valence-corrected chi connectivity index (χ1v) is 9.27. The second-order valence-corrected chi connectivity index (χ2v) is 6.00. The van der Waals surface area contributed by atoms with Gasteiger partial charge in [0.15, 0.2) is 17.5 Å². The van der Waals surface area contributed by atoms with Gasteiger partial charge in [0.1, 0.15) is 0 Å². The van der Waals surface area contributed by atoms with Crippen LogP contribution in [0.2, 0.25) is 0 Å². The van der Waals surface area contributed by atoms with E-state index in [2.05, 4.69) is 20.9 Å². The first kappa shape index (κ1) is 25.3. The van der Waals surface area contributed by atoms with Crippen LogP contribution in [0, 0.1) is 0 Å². The molecule has 1 amide bonds. The molecule has 0 fully saturated rings. The van der Waals surface area contributed by atoms with Crippen molar-refractivity contribution in [1.82, 2.24) is 10.6 Å². The summed E-state index contributed by atoms with van der Waals surface area (Å²) >= 11 is 0. The molecule has 0 spiro atoms. The van der Waals surface area contributed by atoms with E-state index in [1.165, 1.54) is 0 Å². The maximum Gasteiger partial charge on any atom is 0.243 e. The number of para-hydroxylation sites is 1. The highest BCUT2D eigenvalue weighted by Crippen LogP contribution is 2.38. The maximum absolute atomic E-state index is 12.1. The van der Waals surface area contributed by atoms with Crippen LogP contribution >= 0.6 is 24.0 Å². The van der Waals surface area contributed by atoms with E-state index in [1.807, 2.05) is 49.4 Å². The minimum absolute atomic E-state index is 0. The van der Waals surface area contributed by atoms with Gasteiger partial charge in [0.05, 0.1) is 34.4 Å². The molecule has 0 saturated heterocycles. The van der Waals surface area contributed by atoms with Gasteiger partial charge in [-0.15, -0.1) is 24.0 Å². The van der Waals surface area contributed by atoms with Crippen LogP contribution < -0.4 is 30.2 Å². The van der Waals surface area contributed by atoms with Gasteiger partial charge in [0.2, 0.25) is 11.7 Å². The molecule has 8 nitrogen and oxygen atoms in total. The zero-order valence-electron chi connectivity index (χ0n) is 17.7. The van der Waals surface area contributed by atoms with E-state index >= 15 is 0 Å². The Bertz CT molecular complexity index is 806. The van der Waals surface area contributed by atoms with Crippen LogP contribution in [0.25, 0.3) is 0 Å². The average molecular weight is 528 g/mol. The third-order valence-electron chi connectivity index (χ3n) is 3.96. The summed E-state index contributed by atoms with van der Waals surface area (Å²) in [6, 6.07) is 13.0. The Morgan fingerprint density at radius 1 is 0.967 bits per heavy atom. The molecule has 2 aromatic rings. The predicted molar refractivity (Wildman–Crippen MR) is 129 cm³/mol. The Morgan fingerprint density at radius 2 is 1.60 bits per heavy atom. The fraction of sp³-hybridized carbons (Fsp3) is 0.333. The van der Waals surface area contributed by atoms with Gasteiger partial charge in [-0.05, 0) is 36.8 Å². The summed E-state index contributed by atoms with van der Waals surface area (Å²) in [6.45, 7) is 3.09. The number of nitrogens with zero attached hydrogens (tertiary/aromatic N) is 1. The van der Waals surface area contributed by atoms with Crippen LogP contribution in [-0.4, -0.2) is 46.3 Å². The summed E-state index contributed by atoms with van der Waals surface area (Å²) in [5, 5.41) is 8.98. The van der Waals surface area contributed by atoms with Gasteiger partial charge in [0, 0.05) is 12.2 Å². The van der Waals surface area contributed by atoms with Crippen molar-refractivity contribution in [1.29, 1.82) is 0 Å². The molecule has 30 heavy (non-hydrogen) atoms. The zero-order chi connectivity index (χ0) is 21.1. The lowest BCUT2D eigenvalue weighted by atomic mass is 10.2. The molecule has 0 aliphatic carbocycles. The Kier molecular flexibility index (Phi) is 11.4. The van der Waals surface area contributed by atoms with Crippen molar-refractivity contribution in [3.05, 3.63) is 48.0 Å². The third kappa shape index (κ3) is 7.62. The Morgan fingerprint density at radius 3 is 2.13 bits per heavy atom. The number of anilines is 1. The Balaban J connectivity index is 0.00000450. The fourth-order valence-electron chi connectivity index (χ4n) is 2.63. The number of amides is 1. The van der Waals surface area contributed by atoms with Crippen molar-refractivity contribution in [2.24, 2.45) is 4.99 Å². The first-order chi connectivity index (χ1) is 14.1. The van der Waals surface area contributed by atoms with Gasteiger partial charge in [-0.1, -0.05) is 18.2 Å². The Labute approximate surface area is 194 Å². The first-order valence-electron chi connectivity index (χ1n) is 9.27. The summed E-state index contributed by atoms with van der Waals surface area (Å²) in [5.74, 6) is 2.04. The molecule has 0 bridgehead atoms. The van der Waals surface area contributed by atoms with Gasteiger partial charge < -0.3 is 30.2 Å². The van der Waals surface area contributed by atoms with Crippen molar-refractivity contribution in [2.45, 2.75) is 13.5 Å². The SMILES string of the molecule is CCNC(=NCc1cc(OC)c(OC)c(OC)c1)NCC(=O)Nc1ccccc1.I. The summed E-state index contributed by atoms with van der Waals surface area (Å²) in [5.41, 5.74) is 1.63. The molecule has 0 unspecified atom stereocenters. The minimum atomic E-state index is -0.158. The number of guanidine groups is 1. The lowest BCUT2D eigenvalue weighted by Crippen LogP contribution is -2.41. The highest BCUT2D eigenvalue weighted by Gasteiger charge is 2.13. The number of halogens is 1. The van der Waals surface area contributed by atoms with Crippen LogP contribution in [0.15, 0.2) is 47.5 Å². The van der Waals surface area contributed by atoms with Crippen LogP contribution in [0.3, 0.4) is 0 Å². The number of benzene rings is 2. The lowest BCUT2D eigenvalue weighted by Gasteiger charge is -2.14. The molecule has 0 aromatic heterocycles. The van der Waals surface area contributed by atoms with Gasteiger partial charge in [-0.3, -0.25) is 4.79 Å². The molecule has 9 heteroatoms. The summed E-state index contributed by atoms with van der Waals surface area (Å²) in [6.07, 6.45) is 0. The third-order valence-corrected chi connectivity index (χ3v) is 3.96. The van der Waals surface area contributed by atoms with Crippen LogP contribution in [0.5, 0.6) is 17.2 Å². The topological polar surface area (TPSA) is 93.2 Å². The van der Waals surface area contributed by atoms with Crippen LogP contribution in [0.4, 0.5) is 5.69 Å². The standard InChI is InChI=1S/C21H28N4O4.HI/c1-5-22-21(24-14-19(26)25-16-9-7-6-8-10-16)23-13-15-11-17(27-2)20(29-4)18(12-15)28-3;/h6-12H,5,13-14H2,1-4H3,(H,25,26)(H2,22,23,24);1H. The monoisotopic (exact) mass is 528 g/mol. The quantitative estimate of drug-likeness (QED) is 0.263. The van der Waals surface area contributed by atoms with Crippen molar-refractivity contribution >= 4 is 41.5 Å². The molecule has 2 aromatic carbocycles. The van der Waals surface area contributed by atoms with E-state index in [0.717, 1.165) is 11.3 Å². The maximum atomic E-state index is 12.1.